The van der Waals surface area contributed by atoms with Gasteiger partial charge in [0.15, 0.2) is 0 Å². The first-order chi connectivity index (χ1) is 11.4. The Morgan fingerprint density at radius 3 is 2.88 bits per heavy atom. The number of nitrogens with two attached hydrogens (primary N) is 1. The molecule has 0 amide bonds. The molecule has 0 bridgehead atoms. The van der Waals surface area contributed by atoms with Gasteiger partial charge in [-0.05, 0) is 18.6 Å². The molecule has 1 saturated heterocycles. The predicted molar refractivity (Wildman–Crippen MR) is 84.3 cm³/mol. The number of hydrogen-bond acceptors (Lipinski definition) is 5. The standard InChI is InChI=1S/C15H18F2N4O3/c16-4-6-20-8-11(14(23)24)12(22)10-1-3-15(17,19-13(10)20)21-5-2-9(18)7-21/h1,3,8-9,19H,2,4-7,18H2,(H,23,24). The molecule has 130 valence electrons. The van der Waals surface area contributed by atoms with Gasteiger partial charge in [0.25, 0.3) is 5.92 Å². The summed E-state index contributed by atoms with van der Waals surface area (Å²) in [6, 6.07) is -0.142. The summed E-state index contributed by atoms with van der Waals surface area (Å²) in [7, 11) is 0. The zero-order valence-electron chi connectivity index (χ0n) is 12.8. The number of aromatic carboxylic acids is 1. The van der Waals surface area contributed by atoms with Crippen LogP contribution in [0.15, 0.2) is 17.1 Å². The van der Waals surface area contributed by atoms with Gasteiger partial charge in [-0.3, -0.25) is 4.79 Å². The number of carbonyl (C=O) groups is 1. The number of likely N-dealkylation sites (tertiary alicyclic amines) is 1. The minimum atomic E-state index is -2.06. The number of aromatic nitrogens is 1. The number of aryl methyl sites for hydroxylation is 1. The largest absolute Gasteiger partial charge is 0.477 e. The molecular formula is C15H18F2N4O3. The van der Waals surface area contributed by atoms with Crippen molar-refractivity contribution in [2.45, 2.75) is 24.9 Å². The van der Waals surface area contributed by atoms with E-state index < -0.39 is 29.6 Å². The van der Waals surface area contributed by atoms with Crippen molar-refractivity contribution in [3.63, 3.8) is 0 Å². The van der Waals surface area contributed by atoms with Gasteiger partial charge < -0.3 is 20.7 Å². The van der Waals surface area contributed by atoms with Gasteiger partial charge in [-0.15, -0.1) is 0 Å². The SMILES string of the molecule is NC1CCN(C2(F)C=Cc3c(n(CCF)cc(C(=O)O)c3=O)N2)C1. The number of carboxylic acids is 1. The summed E-state index contributed by atoms with van der Waals surface area (Å²) >= 11 is 0. The van der Waals surface area contributed by atoms with Crippen molar-refractivity contribution in [1.29, 1.82) is 0 Å². The van der Waals surface area contributed by atoms with E-state index in [1.165, 1.54) is 21.6 Å². The van der Waals surface area contributed by atoms with Crippen LogP contribution in [0.25, 0.3) is 6.08 Å². The van der Waals surface area contributed by atoms with Crippen LogP contribution < -0.4 is 16.5 Å². The number of hydrogen-bond donors (Lipinski definition) is 3. The Labute approximate surface area is 136 Å². The van der Waals surface area contributed by atoms with Crippen molar-refractivity contribution in [1.82, 2.24) is 9.47 Å². The molecule has 0 aliphatic carbocycles. The Bertz CT molecular complexity index is 764. The number of carboxylic acid groups (broad SMARTS) is 1. The monoisotopic (exact) mass is 340 g/mol. The Morgan fingerprint density at radius 1 is 1.54 bits per heavy atom. The molecule has 3 rings (SSSR count). The molecule has 7 nitrogen and oxygen atoms in total. The lowest BCUT2D eigenvalue weighted by molar-refractivity contribution is 0.0539. The fourth-order valence-corrected chi connectivity index (χ4v) is 3.07. The molecule has 2 unspecified atom stereocenters. The summed E-state index contributed by atoms with van der Waals surface area (Å²) < 4.78 is 29.3. The van der Waals surface area contributed by atoms with Crippen LogP contribution in [0.3, 0.4) is 0 Å². The van der Waals surface area contributed by atoms with Crippen LogP contribution in [0.5, 0.6) is 0 Å². The molecule has 1 fully saturated rings. The van der Waals surface area contributed by atoms with E-state index >= 15 is 4.39 Å². The molecule has 2 aliphatic heterocycles. The lowest BCUT2D eigenvalue weighted by Crippen LogP contribution is -2.51. The highest BCUT2D eigenvalue weighted by molar-refractivity contribution is 5.89. The second-order valence-corrected chi connectivity index (χ2v) is 5.95. The second-order valence-electron chi connectivity index (χ2n) is 5.95. The van der Waals surface area contributed by atoms with Crippen LogP contribution in [0.2, 0.25) is 0 Å². The molecule has 2 aliphatic rings. The van der Waals surface area contributed by atoms with Gasteiger partial charge in [-0.1, -0.05) is 0 Å². The lowest BCUT2D eigenvalue weighted by Gasteiger charge is -2.37. The average molecular weight is 340 g/mol. The quantitative estimate of drug-likeness (QED) is 0.695. The van der Waals surface area contributed by atoms with Crippen molar-refractivity contribution < 1.29 is 18.7 Å². The van der Waals surface area contributed by atoms with E-state index in [2.05, 4.69) is 5.32 Å². The maximum Gasteiger partial charge on any atom is 0.341 e. The minimum Gasteiger partial charge on any atom is -0.477 e. The maximum absolute atomic E-state index is 15.3. The highest BCUT2D eigenvalue weighted by Crippen LogP contribution is 2.32. The van der Waals surface area contributed by atoms with Gasteiger partial charge in [0.2, 0.25) is 5.43 Å². The van der Waals surface area contributed by atoms with Gasteiger partial charge in [0.05, 0.1) is 12.1 Å². The van der Waals surface area contributed by atoms with Crippen LogP contribution in [-0.2, 0) is 6.54 Å². The van der Waals surface area contributed by atoms with Crippen molar-refractivity contribution in [3.8, 4) is 0 Å². The zero-order valence-corrected chi connectivity index (χ0v) is 12.8. The van der Waals surface area contributed by atoms with Gasteiger partial charge >= 0.3 is 5.97 Å². The molecular weight excluding hydrogens is 322 g/mol. The van der Waals surface area contributed by atoms with Crippen LogP contribution >= 0.6 is 0 Å². The Kier molecular flexibility index (Phi) is 4.14. The van der Waals surface area contributed by atoms with E-state index in [1.54, 1.807) is 0 Å². The average Bonchev–Trinajstić information content (AvgIpc) is 2.97. The number of alkyl halides is 2. The van der Waals surface area contributed by atoms with Crippen molar-refractivity contribution in [2.24, 2.45) is 5.73 Å². The molecule has 1 aromatic heterocycles. The van der Waals surface area contributed by atoms with E-state index in [0.717, 1.165) is 6.20 Å². The third-order valence-electron chi connectivity index (χ3n) is 4.32. The topological polar surface area (TPSA) is 101 Å². The number of rotatable bonds is 4. The maximum atomic E-state index is 15.3. The van der Waals surface area contributed by atoms with Gasteiger partial charge in [0, 0.05) is 25.3 Å². The van der Waals surface area contributed by atoms with E-state index in [4.69, 9.17) is 10.8 Å². The van der Waals surface area contributed by atoms with Gasteiger partial charge in [-0.2, -0.15) is 4.39 Å². The normalized spacial score (nSPS) is 26.2. The molecule has 9 heteroatoms. The van der Waals surface area contributed by atoms with Gasteiger partial charge in [-0.25, -0.2) is 14.1 Å². The number of halogens is 2. The molecule has 2 atom stereocenters. The van der Waals surface area contributed by atoms with E-state index in [-0.39, 0.29) is 24.0 Å². The molecule has 24 heavy (non-hydrogen) atoms. The first-order valence-electron chi connectivity index (χ1n) is 7.59. The fourth-order valence-electron chi connectivity index (χ4n) is 3.07. The number of pyridine rings is 1. The molecule has 0 saturated carbocycles. The summed E-state index contributed by atoms with van der Waals surface area (Å²) in [5.41, 5.74) is 4.59. The van der Waals surface area contributed by atoms with Crippen LogP contribution in [0.1, 0.15) is 22.3 Å². The smallest absolute Gasteiger partial charge is 0.341 e. The molecule has 0 radical (unpaired) electrons. The summed E-state index contributed by atoms with van der Waals surface area (Å²) in [4.78, 5) is 24.9. The molecule has 4 N–H and O–H groups in total. The minimum absolute atomic E-state index is 0.000111. The highest BCUT2D eigenvalue weighted by atomic mass is 19.2. The third-order valence-corrected chi connectivity index (χ3v) is 4.32. The van der Waals surface area contributed by atoms with E-state index in [9.17, 15) is 14.0 Å². The first kappa shape index (κ1) is 16.6. The first-order valence-corrected chi connectivity index (χ1v) is 7.59. The zero-order chi connectivity index (χ0) is 17.5. The van der Waals surface area contributed by atoms with Crippen LogP contribution in [0, 0.1) is 0 Å². The molecule has 0 aromatic carbocycles. The Morgan fingerprint density at radius 2 is 2.29 bits per heavy atom. The number of fused-ring (bicyclic) bond motifs is 1. The van der Waals surface area contributed by atoms with E-state index in [1.807, 2.05) is 0 Å². The Balaban J connectivity index is 2.07. The van der Waals surface area contributed by atoms with E-state index in [0.29, 0.717) is 19.5 Å². The van der Waals surface area contributed by atoms with Crippen LogP contribution in [0.4, 0.5) is 14.6 Å². The Hall–Kier alpha value is -2.26. The number of anilines is 1. The third kappa shape index (κ3) is 2.69. The molecule has 0 spiro atoms. The van der Waals surface area contributed by atoms with Crippen molar-refractivity contribution in [3.05, 3.63) is 33.6 Å². The summed E-state index contributed by atoms with van der Waals surface area (Å²) in [6.45, 7) is -0.207. The highest BCUT2D eigenvalue weighted by Gasteiger charge is 2.41. The van der Waals surface area contributed by atoms with Crippen LogP contribution in [-0.4, -0.2) is 52.3 Å². The van der Waals surface area contributed by atoms with Crippen molar-refractivity contribution in [2.75, 3.05) is 25.1 Å². The summed E-state index contributed by atoms with van der Waals surface area (Å²) in [5, 5.41) is 11.7. The molecule has 1 aromatic rings. The second kappa shape index (κ2) is 5.99. The summed E-state index contributed by atoms with van der Waals surface area (Å²) in [5.74, 6) is -3.41. The lowest BCUT2D eigenvalue weighted by atomic mass is 10.1. The molecule has 3 heterocycles. The fraction of sp³-hybridized carbons (Fsp3) is 0.467. The predicted octanol–water partition coefficient (Wildman–Crippen LogP) is 0.611. The number of nitrogens with zero attached hydrogens (tertiary/aromatic N) is 2. The number of nitrogens with one attached hydrogen (secondary N) is 1. The summed E-state index contributed by atoms with van der Waals surface area (Å²) in [6.07, 6.45) is 4.09. The van der Waals surface area contributed by atoms with Gasteiger partial charge in [0.1, 0.15) is 18.1 Å². The van der Waals surface area contributed by atoms with Crippen molar-refractivity contribution >= 4 is 17.9 Å².